The first-order chi connectivity index (χ1) is 15.5. The highest BCUT2D eigenvalue weighted by molar-refractivity contribution is 6.01. The quantitative estimate of drug-likeness (QED) is 0.427. The molecule has 0 saturated heterocycles. The highest BCUT2D eigenvalue weighted by Gasteiger charge is 2.26. The molecule has 0 radical (unpaired) electrons. The summed E-state index contributed by atoms with van der Waals surface area (Å²) in [7, 11) is 1.60. The van der Waals surface area contributed by atoms with E-state index in [9.17, 15) is 13.9 Å². The van der Waals surface area contributed by atoms with Crippen LogP contribution in [0.15, 0.2) is 47.6 Å². The van der Waals surface area contributed by atoms with Crippen LogP contribution < -0.4 is 4.74 Å². The Morgan fingerprint density at radius 2 is 2.06 bits per heavy atom. The molecular formula is C24H26F2N2O4. The van der Waals surface area contributed by atoms with Crippen LogP contribution in [-0.2, 0) is 16.1 Å². The maximum atomic E-state index is 14.2. The summed E-state index contributed by atoms with van der Waals surface area (Å²) in [6.07, 6.45) is 4.59. The molecule has 1 aliphatic heterocycles. The smallest absolute Gasteiger partial charge is 0.145 e. The van der Waals surface area contributed by atoms with E-state index in [1.807, 2.05) is 29.2 Å². The fourth-order valence-electron chi connectivity index (χ4n) is 3.47. The summed E-state index contributed by atoms with van der Waals surface area (Å²) in [5.41, 5.74) is 2.04. The van der Waals surface area contributed by atoms with E-state index in [1.165, 1.54) is 12.1 Å². The standard InChI is InChI=1S/C24H26F2N2O4/c1-3-10-31-16-20(29)14-28(13-18-4-7-19(25)11-23(18)26)15-22-12-24(27-32-22)17-5-8-21(30-2)9-6-17/h1,4-9,11,20,22,29H,10,12-16H2,2H3/t20-,22-/m0/s1. The second-order valence-corrected chi connectivity index (χ2v) is 7.50. The lowest BCUT2D eigenvalue weighted by Gasteiger charge is -2.27. The van der Waals surface area contributed by atoms with Gasteiger partial charge in [-0.05, 0) is 35.9 Å². The third-order valence-electron chi connectivity index (χ3n) is 4.99. The van der Waals surface area contributed by atoms with E-state index in [4.69, 9.17) is 20.7 Å². The van der Waals surface area contributed by atoms with Crippen LogP contribution in [0.4, 0.5) is 8.78 Å². The third kappa shape index (κ3) is 6.76. The van der Waals surface area contributed by atoms with Gasteiger partial charge < -0.3 is 19.4 Å². The summed E-state index contributed by atoms with van der Waals surface area (Å²) >= 11 is 0. The van der Waals surface area contributed by atoms with Gasteiger partial charge in [0.15, 0.2) is 0 Å². The Balaban J connectivity index is 1.64. The molecule has 0 spiro atoms. The minimum absolute atomic E-state index is 0.0473. The fourth-order valence-corrected chi connectivity index (χ4v) is 3.47. The molecule has 0 aliphatic carbocycles. The fraction of sp³-hybridized carbons (Fsp3) is 0.375. The molecule has 6 nitrogen and oxygen atoms in total. The highest BCUT2D eigenvalue weighted by atomic mass is 19.1. The molecule has 2 aromatic rings. The number of benzene rings is 2. The van der Waals surface area contributed by atoms with Gasteiger partial charge in [0.25, 0.3) is 0 Å². The number of methoxy groups -OCH3 is 1. The Bertz CT molecular complexity index is 959. The van der Waals surface area contributed by atoms with Crippen LogP contribution in [0, 0.1) is 24.0 Å². The van der Waals surface area contributed by atoms with Gasteiger partial charge >= 0.3 is 0 Å². The average molecular weight is 444 g/mol. The first-order valence-electron chi connectivity index (χ1n) is 10.2. The van der Waals surface area contributed by atoms with Gasteiger partial charge in [0.1, 0.15) is 30.1 Å². The Hall–Kier alpha value is -2.99. The van der Waals surface area contributed by atoms with Crippen molar-refractivity contribution in [2.24, 2.45) is 5.16 Å². The Kier molecular flexibility index (Phi) is 8.56. The zero-order valence-electron chi connectivity index (χ0n) is 17.8. The van der Waals surface area contributed by atoms with Crippen molar-refractivity contribution in [2.75, 3.05) is 33.4 Å². The van der Waals surface area contributed by atoms with Gasteiger partial charge in [0.05, 0.1) is 25.5 Å². The molecule has 2 aromatic carbocycles. The number of ether oxygens (including phenoxy) is 2. The van der Waals surface area contributed by atoms with Crippen molar-refractivity contribution < 1.29 is 28.2 Å². The lowest BCUT2D eigenvalue weighted by atomic mass is 10.0. The summed E-state index contributed by atoms with van der Waals surface area (Å²) in [6, 6.07) is 11.0. The molecule has 0 fully saturated rings. The van der Waals surface area contributed by atoms with Crippen molar-refractivity contribution in [2.45, 2.75) is 25.2 Å². The van der Waals surface area contributed by atoms with Crippen LogP contribution in [0.5, 0.6) is 5.75 Å². The van der Waals surface area contributed by atoms with Crippen LogP contribution >= 0.6 is 0 Å². The van der Waals surface area contributed by atoms with E-state index in [2.05, 4.69) is 11.1 Å². The van der Waals surface area contributed by atoms with Crippen LogP contribution in [0.25, 0.3) is 0 Å². The number of aliphatic hydroxyl groups excluding tert-OH is 1. The topological polar surface area (TPSA) is 63.5 Å². The van der Waals surface area contributed by atoms with Gasteiger partial charge in [0, 0.05) is 37.7 Å². The number of rotatable bonds is 11. The molecule has 0 saturated carbocycles. The maximum Gasteiger partial charge on any atom is 0.145 e. The zero-order chi connectivity index (χ0) is 22.9. The summed E-state index contributed by atoms with van der Waals surface area (Å²) in [5.74, 6) is 1.80. The van der Waals surface area contributed by atoms with E-state index < -0.39 is 17.7 Å². The second kappa shape index (κ2) is 11.6. The normalized spacial score (nSPS) is 16.4. The number of aliphatic hydroxyl groups is 1. The predicted molar refractivity (Wildman–Crippen MR) is 116 cm³/mol. The predicted octanol–water partition coefficient (Wildman–Crippen LogP) is 2.98. The molecule has 0 aromatic heterocycles. The van der Waals surface area contributed by atoms with Crippen LogP contribution in [-0.4, -0.2) is 61.3 Å². The molecule has 1 heterocycles. The number of terminal acetylenes is 1. The van der Waals surface area contributed by atoms with Crippen molar-refractivity contribution in [3.8, 4) is 18.1 Å². The van der Waals surface area contributed by atoms with Crippen LogP contribution in [0.1, 0.15) is 17.5 Å². The molecular weight excluding hydrogens is 418 g/mol. The third-order valence-corrected chi connectivity index (χ3v) is 4.99. The Labute approximate surface area is 186 Å². The van der Waals surface area contributed by atoms with E-state index in [0.29, 0.717) is 18.5 Å². The monoisotopic (exact) mass is 444 g/mol. The minimum Gasteiger partial charge on any atom is -0.497 e. The van der Waals surface area contributed by atoms with Gasteiger partial charge in [-0.25, -0.2) is 8.78 Å². The first-order valence-corrected chi connectivity index (χ1v) is 10.2. The van der Waals surface area contributed by atoms with Crippen molar-refractivity contribution in [3.05, 3.63) is 65.2 Å². The van der Waals surface area contributed by atoms with E-state index in [0.717, 1.165) is 23.1 Å². The van der Waals surface area contributed by atoms with Crippen molar-refractivity contribution in [3.63, 3.8) is 0 Å². The van der Waals surface area contributed by atoms with Crippen molar-refractivity contribution >= 4 is 5.71 Å². The van der Waals surface area contributed by atoms with Gasteiger partial charge in [-0.1, -0.05) is 17.1 Å². The number of hydrogen-bond acceptors (Lipinski definition) is 6. The summed E-state index contributed by atoms with van der Waals surface area (Å²) < 4.78 is 37.9. The number of nitrogens with zero attached hydrogens (tertiary/aromatic N) is 2. The Morgan fingerprint density at radius 3 is 2.75 bits per heavy atom. The molecule has 32 heavy (non-hydrogen) atoms. The molecule has 8 heteroatoms. The zero-order valence-corrected chi connectivity index (χ0v) is 17.8. The minimum atomic E-state index is -0.838. The SMILES string of the molecule is C#CCOC[C@@H](O)CN(Cc1ccc(F)cc1F)C[C@@H]1CC(c2ccc(OC)cc2)=NO1. The largest absolute Gasteiger partial charge is 0.497 e. The van der Waals surface area contributed by atoms with E-state index >= 15 is 0 Å². The molecule has 2 atom stereocenters. The maximum absolute atomic E-state index is 14.2. The summed E-state index contributed by atoms with van der Waals surface area (Å²) in [5, 5.41) is 14.5. The van der Waals surface area contributed by atoms with Gasteiger partial charge in [-0.15, -0.1) is 6.42 Å². The molecule has 0 bridgehead atoms. The van der Waals surface area contributed by atoms with Crippen molar-refractivity contribution in [1.82, 2.24) is 4.90 Å². The van der Waals surface area contributed by atoms with E-state index in [-0.39, 0.29) is 32.4 Å². The molecule has 0 amide bonds. The first kappa shape index (κ1) is 23.7. The summed E-state index contributed by atoms with van der Waals surface area (Å²) in [6.45, 7) is 0.876. The molecule has 1 N–H and O–H groups in total. The second-order valence-electron chi connectivity index (χ2n) is 7.50. The number of halogens is 2. The van der Waals surface area contributed by atoms with Crippen molar-refractivity contribution in [1.29, 1.82) is 0 Å². The highest BCUT2D eigenvalue weighted by Crippen LogP contribution is 2.21. The number of oxime groups is 1. The lowest BCUT2D eigenvalue weighted by Crippen LogP contribution is -2.39. The molecule has 1 aliphatic rings. The molecule has 3 rings (SSSR count). The Morgan fingerprint density at radius 1 is 1.28 bits per heavy atom. The van der Waals surface area contributed by atoms with Gasteiger partial charge in [-0.2, -0.15) is 0 Å². The lowest BCUT2D eigenvalue weighted by molar-refractivity contribution is 0.00391. The number of hydrogen-bond donors (Lipinski definition) is 1. The molecule has 170 valence electrons. The van der Waals surface area contributed by atoms with Gasteiger partial charge in [-0.3, -0.25) is 4.90 Å². The van der Waals surface area contributed by atoms with Crippen LogP contribution in [0.3, 0.4) is 0 Å². The molecule has 0 unspecified atom stereocenters. The summed E-state index contributed by atoms with van der Waals surface area (Å²) in [4.78, 5) is 7.43. The van der Waals surface area contributed by atoms with Gasteiger partial charge in [0.2, 0.25) is 0 Å². The average Bonchev–Trinajstić information content (AvgIpc) is 3.24. The van der Waals surface area contributed by atoms with E-state index in [1.54, 1.807) is 7.11 Å². The van der Waals surface area contributed by atoms with Crippen LogP contribution in [0.2, 0.25) is 0 Å².